The molecular formula is C22H22N2O. The quantitative estimate of drug-likeness (QED) is 0.752. The van der Waals surface area contributed by atoms with Crippen molar-refractivity contribution in [1.29, 1.82) is 0 Å². The highest BCUT2D eigenvalue weighted by molar-refractivity contribution is 5.91. The highest BCUT2D eigenvalue weighted by Crippen LogP contribution is 2.38. The van der Waals surface area contributed by atoms with Crippen LogP contribution >= 0.6 is 0 Å². The Labute approximate surface area is 148 Å². The molecule has 1 fully saturated rings. The smallest absolute Gasteiger partial charge is 0.133 e. The maximum Gasteiger partial charge on any atom is 0.133 e. The molecule has 1 heterocycles. The molecule has 3 aromatic rings. The van der Waals surface area contributed by atoms with Gasteiger partial charge in [-0.05, 0) is 29.9 Å². The normalized spacial score (nSPS) is 16.7. The largest absolute Gasteiger partial charge is 0.369 e. The third kappa shape index (κ3) is 3.14. The van der Waals surface area contributed by atoms with Crippen LogP contribution in [0.4, 0.5) is 5.82 Å². The molecular weight excluding hydrogens is 308 g/mol. The van der Waals surface area contributed by atoms with Crippen LogP contribution in [-0.4, -0.2) is 17.3 Å². The van der Waals surface area contributed by atoms with E-state index in [0.717, 1.165) is 30.6 Å². The number of carbonyl (C=O) groups excluding carboxylic acids is 1. The zero-order valence-corrected chi connectivity index (χ0v) is 14.2. The molecule has 1 N–H and O–H groups in total. The van der Waals surface area contributed by atoms with Gasteiger partial charge in [-0.25, -0.2) is 4.98 Å². The Balaban J connectivity index is 1.64. The van der Waals surface area contributed by atoms with Gasteiger partial charge in [-0.3, -0.25) is 4.79 Å². The number of Topliss-reactive ketones (excluding diaryl/α,β-unsaturated/α-hetero) is 1. The third-order valence-electron chi connectivity index (χ3n) is 5.42. The van der Waals surface area contributed by atoms with Crippen LogP contribution in [0, 0.1) is 0 Å². The Kier molecular flexibility index (Phi) is 4.22. The Bertz CT molecular complexity index is 873. The van der Waals surface area contributed by atoms with Crippen LogP contribution in [0.5, 0.6) is 0 Å². The summed E-state index contributed by atoms with van der Waals surface area (Å²) >= 11 is 0. The van der Waals surface area contributed by atoms with Gasteiger partial charge in [-0.1, -0.05) is 54.6 Å². The first kappa shape index (κ1) is 15.8. The van der Waals surface area contributed by atoms with Crippen LogP contribution in [0.3, 0.4) is 0 Å². The lowest BCUT2D eigenvalue weighted by atomic mass is 9.69. The standard InChI is InChI=1S/C22H22N2O/c25-19-10-13-22(14-11-19,18-7-2-1-3-8-18)16-24-21-20-9-5-4-6-17(20)12-15-23-21/h1-9,12,15H,10-11,13-14,16H2,(H,23,24). The summed E-state index contributed by atoms with van der Waals surface area (Å²) in [7, 11) is 0. The van der Waals surface area contributed by atoms with Crippen molar-refractivity contribution >= 4 is 22.4 Å². The van der Waals surface area contributed by atoms with E-state index in [9.17, 15) is 4.79 Å². The molecule has 1 aromatic heterocycles. The van der Waals surface area contributed by atoms with Crippen molar-refractivity contribution in [2.24, 2.45) is 0 Å². The van der Waals surface area contributed by atoms with Crippen molar-refractivity contribution < 1.29 is 4.79 Å². The molecule has 0 aliphatic heterocycles. The molecule has 25 heavy (non-hydrogen) atoms. The Morgan fingerprint density at radius 3 is 2.44 bits per heavy atom. The van der Waals surface area contributed by atoms with Gasteiger partial charge in [0.05, 0.1) is 0 Å². The van der Waals surface area contributed by atoms with Gasteiger partial charge in [-0.2, -0.15) is 0 Å². The van der Waals surface area contributed by atoms with Crippen molar-refractivity contribution in [3.05, 3.63) is 72.4 Å². The van der Waals surface area contributed by atoms with Crippen molar-refractivity contribution in [3.63, 3.8) is 0 Å². The molecule has 1 aliphatic carbocycles. The van der Waals surface area contributed by atoms with Crippen LogP contribution in [0.25, 0.3) is 10.8 Å². The summed E-state index contributed by atoms with van der Waals surface area (Å²) in [5, 5.41) is 5.92. The van der Waals surface area contributed by atoms with Gasteiger partial charge < -0.3 is 5.32 Å². The Hall–Kier alpha value is -2.68. The minimum atomic E-state index is -0.00616. The molecule has 0 saturated heterocycles. The number of hydrogen-bond acceptors (Lipinski definition) is 3. The Morgan fingerprint density at radius 2 is 1.64 bits per heavy atom. The molecule has 0 unspecified atom stereocenters. The molecule has 4 rings (SSSR count). The molecule has 126 valence electrons. The fraction of sp³-hybridized carbons (Fsp3) is 0.273. The van der Waals surface area contributed by atoms with E-state index in [2.05, 4.69) is 46.7 Å². The van der Waals surface area contributed by atoms with Gasteiger partial charge in [0.25, 0.3) is 0 Å². The monoisotopic (exact) mass is 330 g/mol. The topological polar surface area (TPSA) is 42.0 Å². The predicted octanol–water partition coefficient (Wildman–Crippen LogP) is 4.73. The van der Waals surface area contributed by atoms with E-state index in [4.69, 9.17) is 0 Å². The van der Waals surface area contributed by atoms with Crippen molar-refractivity contribution in [1.82, 2.24) is 4.98 Å². The number of nitrogens with one attached hydrogen (secondary N) is 1. The zero-order valence-electron chi connectivity index (χ0n) is 14.2. The predicted molar refractivity (Wildman–Crippen MR) is 102 cm³/mol. The number of ketones is 1. The summed E-state index contributed by atoms with van der Waals surface area (Å²) in [5.41, 5.74) is 1.31. The minimum Gasteiger partial charge on any atom is -0.369 e. The van der Waals surface area contributed by atoms with Crippen LogP contribution in [0.2, 0.25) is 0 Å². The van der Waals surface area contributed by atoms with Gasteiger partial charge in [0.15, 0.2) is 0 Å². The van der Waals surface area contributed by atoms with Gasteiger partial charge in [-0.15, -0.1) is 0 Å². The van der Waals surface area contributed by atoms with Crippen LogP contribution in [0.15, 0.2) is 66.9 Å². The number of hydrogen-bond donors (Lipinski definition) is 1. The van der Waals surface area contributed by atoms with E-state index >= 15 is 0 Å². The number of carbonyl (C=O) groups is 1. The number of anilines is 1. The lowest BCUT2D eigenvalue weighted by Crippen LogP contribution is -2.38. The van der Waals surface area contributed by atoms with Crippen LogP contribution in [0.1, 0.15) is 31.2 Å². The fourth-order valence-electron chi connectivity index (χ4n) is 3.88. The maximum absolute atomic E-state index is 11.8. The van der Waals surface area contributed by atoms with E-state index in [1.165, 1.54) is 10.9 Å². The second kappa shape index (κ2) is 6.67. The number of pyridine rings is 1. The van der Waals surface area contributed by atoms with Gasteiger partial charge in [0.2, 0.25) is 0 Å². The SMILES string of the molecule is O=C1CCC(CNc2nccc3ccccc23)(c2ccccc2)CC1. The summed E-state index contributed by atoms with van der Waals surface area (Å²) in [4.78, 5) is 16.4. The molecule has 0 amide bonds. The molecule has 0 bridgehead atoms. The van der Waals surface area contributed by atoms with Crippen molar-refractivity contribution in [3.8, 4) is 0 Å². The van der Waals surface area contributed by atoms with E-state index in [-0.39, 0.29) is 5.41 Å². The number of nitrogens with zero attached hydrogens (tertiary/aromatic N) is 1. The summed E-state index contributed by atoms with van der Waals surface area (Å²) in [6.45, 7) is 0.797. The first-order valence-electron chi connectivity index (χ1n) is 8.92. The highest BCUT2D eigenvalue weighted by Gasteiger charge is 2.36. The number of rotatable bonds is 4. The van der Waals surface area contributed by atoms with Crippen molar-refractivity contribution in [2.45, 2.75) is 31.1 Å². The van der Waals surface area contributed by atoms with E-state index in [1.807, 2.05) is 30.5 Å². The minimum absolute atomic E-state index is 0.00616. The number of fused-ring (bicyclic) bond motifs is 1. The third-order valence-corrected chi connectivity index (χ3v) is 5.42. The average molecular weight is 330 g/mol. The first-order chi connectivity index (χ1) is 12.3. The van der Waals surface area contributed by atoms with E-state index < -0.39 is 0 Å². The lowest BCUT2D eigenvalue weighted by molar-refractivity contribution is -0.121. The van der Waals surface area contributed by atoms with Gasteiger partial charge in [0, 0.05) is 36.4 Å². The molecule has 2 aromatic carbocycles. The summed E-state index contributed by atoms with van der Waals surface area (Å²) in [6, 6.07) is 20.9. The number of benzene rings is 2. The molecule has 1 aliphatic rings. The molecule has 0 atom stereocenters. The molecule has 0 radical (unpaired) electrons. The Morgan fingerprint density at radius 1 is 0.920 bits per heavy atom. The summed E-state index contributed by atoms with van der Waals surface area (Å²) in [5.74, 6) is 1.31. The second-order valence-electron chi connectivity index (χ2n) is 6.92. The van der Waals surface area contributed by atoms with Gasteiger partial charge in [0.1, 0.15) is 11.6 Å². The van der Waals surface area contributed by atoms with Crippen LogP contribution < -0.4 is 5.32 Å². The summed E-state index contributed by atoms with van der Waals surface area (Å²) in [6.07, 6.45) is 4.98. The van der Waals surface area contributed by atoms with Crippen molar-refractivity contribution in [2.75, 3.05) is 11.9 Å². The maximum atomic E-state index is 11.8. The molecule has 1 saturated carbocycles. The molecule has 3 nitrogen and oxygen atoms in total. The lowest BCUT2D eigenvalue weighted by Gasteiger charge is -2.37. The molecule has 0 spiro atoms. The number of aromatic nitrogens is 1. The zero-order chi connectivity index (χ0) is 17.1. The highest BCUT2D eigenvalue weighted by atomic mass is 16.1. The van der Waals surface area contributed by atoms with Gasteiger partial charge >= 0.3 is 0 Å². The summed E-state index contributed by atoms with van der Waals surface area (Å²) < 4.78 is 0. The average Bonchev–Trinajstić information content (AvgIpc) is 2.68. The van der Waals surface area contributed by atoms with E-state index in [1.54, 1.807) is 0 Å². The van der Waals surface area contributed by atoms with E-state index in [0.29, 0.717) is 18.6 Å². The van der Waals surface area contributed by atoms with Crippen LogP contribution in [-0.2, 0) is 10.2 Å². The second-order valence-corrected chi connectivity index (χ2v) is 6.92. The first-order valence-corrected chi connectivity index (χ1v) is 8.92. The fourth-order valence-corrected chi connectivity index (χ4v) is 3.88. The molecule has 3 heteroatoms.